The zero-order valence-electron chi connectivity index (χ0n) is 21.2. The quantitative estimate of drug-likeness (QED) is 0.109. The van der Waals surface area contributed by atoms with Crippen molar-refractivity contribution in [3.8, 4) is 0 Å². The van der Waals surface area contributed by atoms with E-state index in [1.165, 1.54) is 6.07 Å². The minimum Gasteiger partial charge on any atom is -0.477 e. The Labute approximate surface area is 229 Å². The molecular formula is C20H31N4O16P. The zero-order chi connectivity index (χ0) is 31.1. The van der Waals surface area contributed by atoms with Gasteiger partial charge in [0.05, 0.1) is 19.3 Å². The van der Waals surface area contributed by atoms with Crippen molar-refractivity contribution in [3.63, 3.8) is 0 Å². The van der Waals surface area contributed by atoms with Crippen molar-refractivity contribution in [2.24, 2.45) is 0 Å². The van der Waals surface area contributed by atoms with Gasteiger partial charge in [0.2, 0.25) is 5.91 Å². The van der Waals surface area contributed by atoms with Crippen LogP contribution in [0.5, 0.6) is 0 Å². The number of nitrogens with one attached hydrogen (secondary N) is 1. The number of aliphatic carboxylic acids is 1. The van der Waals surface area contributed by atoms with Gasteiger partial charge in [-0.2, -0.15) is 4.98 Å². The minimum absolute atomic E-state index is 0.158. The Kier molecular flexibility index (Phi) is 9.60. The Morgan fingerprint density at radius 2 is 1.95 bits per heavy atom. The van der Waals surface area contributed by atoms with Gasteiger partial charge in [-0.05, 0) is 6.07 Å². The normalized spacial score (nSPS) is 36.7. The number of nitrogens with two attached hydrogens (primary N) is 1. The monoisotopic (exact) mass is 614 g/mol. The summed E-state index contributed by atoms with van der Waals surface area (Å²) >= 11 is 0. The highest BCUT2D eigenvalue weighted by molar-refractivity contribution is 7.54. The first-order valence-electron chi connectivity index (χ1n) is 11.8. The molecule has 2 saturated heterocycles. The number of nitrogen functional groups attached to an aromatic ring is 1. The predicted octanol–water partition coefficient (Wildman–Crippen LogP) is -5.88. The van der Waals surface area contributed by atoms with Gasteiger partial charge in [-0.15, -0.1) is 0 Å². The van der Waals surface area contributed by atoms with Gasteiger partial charge < -0.3 is 70.8 Å². The average Bonchev–Trinajstić information content (AvgIpc) is 3.16. The summed E-state index contributed by atoms with van der Waals surface area (Å²) in [7, 11) is -5.70. The summed E-state index contributed by atoms with van der Waals surface area (Å²) in [6.45, 7) is -1.53. The first-order valence-corrected chi connectivity index (χ1v) is 13.4. The third kappa shape index (κ3) is 6.00. The van der Waals surface area contributed by atoms with Crippen molar-refractivity contribution < 1.29 is 73.9 Å². The van der Waals surface area contributed by atoms with Crippen molar-refractivity contribution in [3.05, 3.63) is 22.7 Å². The second-order valence-electron chi connectivity index (χ2n) is 9.50. The van der Waals surface area contributed by atoms with E-state index in [1.807, 2.05) is 5.32 Å². The molecule has 1 aromatic rings. The number of hydrogen-bond donors (Lipinski definition) is 11. The maximum absolute atomic E-state index is 13.7. The zero-order valence-corrected chi connectivity index (χ0v) is 22.1. The number of anilines is 1. The lowest BCUT2D eigenvalue weighted by Crippen LogP contribution is -2.74. The lowest BCUT2D eigenvalue weighted by atomic mass is 9.87. The van der Waals surface area contributed by atoms with Crippen molar-refractivity contribution >= 4 is 25.3 Å². The Morgan fingerprint density at radius 3 is 2.49 bits per heavy atom. The number of carboxylic acids is 1. The summed E-state index contributed by atoms with van der Waals surface area (Å²) in [6.07, 6.45) is -17.1. The lowest BCUT2D eigenvalue weighted by molar-refractivity contribution is -0.302. The first-order chi connectivity index (χ1) is 18.9. The molecule has 11 atom stereocenters. The molecule has 0 bridgehead atoms. The van der Waals surface area contributed by atoms with Crippen LogP contribution in [-0.2, 0) is 28.2 Å². The number of amides is 1. The van der Waals surface area contributed by atoms with E-state index < -0.39 is 105 Å². The molecule has 1 aromatic heterocycles. The number of carboxylic acid groups (broad SMARTS) is 1. The molecule has 0 aromatic carbocycles. The topological polar surface area (TPSA) is 334 Å². The van der Waals surface area contributed by atoms with Crippen LogP contribution in [0, 0.1) is 0 Å². The number of aromatic nitrogens is 2. The van der Waals surface area contributed by atoms with Gasteiger partial charge in [-0.3, -0.25) is 13.9 Å². The van der Waals surface area contributed by atoms with Crippen LogP contribution in [0.25, 0.3) is 0 Å². The second kappa shape index (κ2) is 12.0. The molecule has 1 unspecified atom stereocenters. The van der Waals surface area contributed by atoms with Crippen LogP contribution in [-0.4, -0.2) is 134 Å². The fourth-order valence-electron chi connectivity index (χ4n) is 4.59. The molecule has 21 heteroatoms. The molecule has 0 saturated carbocycles. The van der Waals surface area contributed by atoms with Crippen LogP contribution in [0.3, 0.4) is 0 Å². The van der Waals surface area contributed by atoms with Crippen molar-refractivity contribution in [1.29, 1.82) is 0 Å². The highest BCUT2D eigenvalue weighted by Crippen LogP contribution is 2.61. The van der Waals surface area contributed by atoms with Crippen LogP contribution in [0.15, 0.2) is 17.1 Å². The molecule has 3 heterocycles. The first kappa shape index (κ1) is 32.9. The van der Waals surface area contributed by atoms with Gasteiger partial charge >= 0.3 is 19.3 Å². The predicted molar refractivity (Wildman–Crippen MR) is 128 cm³/mol. The van der Waals surface area contributed by atoms with Crippen LogP contribution in [0.4, 0.5) is 5.82 Å². The van der Waals surface area contributed by atoms with E-state index in [1.54, 1.807) is 0 Å². The molecule has 3 rings (SSSR count). The summed E-state index contributed by atoms with van der Waals surface area (Å²) in [5, 5.41) is 80.2. The van der Waals surface area contributed by atoms with E-state index >= 15 is 0 Å². The number of rotatable bonds is 10. The van der Waals surface area contributed by atoms with Crippen LogP contribution in [0.2, 0.25) is 0 Å². The Hall–Kier alpha value is -2.59. The summed E-state index contributed by atoms with van der Waals surface area (Å²) < 4.78 is 29.9. The maximum atomic E-state index is 13.7. The van der Waals surface area contributed by atoms with Gasteiger partial charge in [0, 0.05) is 19.5 Å². The smallest absolute Gasteiger partial charge is 0.364 e. The van der Waals surface area contributed by atoms with Gasteiger partial charge in [0.1, 0.15) is 42.4 Å². The van der Waals surface area contributed by atoms with Crippen LogP contribution >= 0.6 is 7.60 Å². The van der Waals surface area contributed by atoms with E-state index in [0.717, 1.165) is 17.7 Å². The lowest BCUT2D eigenvalue weighted by Gasteiger charge is -2.52. The fraction of sp³-hybridized carbons (Fsp3) is 0.700. The van der Waals surface area contributed by atoms with E-state index in [4.69, 9.17) is 19.7 Å². The van der Waals surface area contributed by atoms with Gasteiger partial charge in [-0.1, -0.05) is 0 Å². The molecule has 0 spiro atoms. The molecule has 0 radical (unpaired) electrons. The SMILES string of the molecule is CC(=O)N[C@]1(P(=O)(O)OC[C@H]2O[C@@H](n3ccc(N)nc3=O)[C@H](O)[C@@H]2O)[C@@H](O)C[C@@](O)(C(=O)O)O[C@H]1[C@H](O)[C@H](O)CO. The fourth-order valence-corrected chi connectivity index (χ4v) is 6.44. The Morgan fingerprint density at radius 1 is 1.32 bits per heavy atom. The van der Waals surface area contributed by atoms with Gasteiger partial charge in [0.15, 0.2) is 11.5 Å². The van der Waals surface area contributed by atoms with Crippen LogP contribution < -0.4 is 16.7 Å². The van der Waals surface area contributed by atoms with Crippen molar-refractivity contribution in [2.75, 3.05) is 18.9 Å². The standard InChI is InChI=1S/C20H31N4O16P/c1-7(26)23-20(10(28)4-19(35,17(32)33)40-15(20)12(29)8(27)5-25)41(36,37)38-6-9-13(30)14(31)16(39-9)24-3-2-11(21)22-18(24)34/h2-3,8-10,12-16,25,27-31,35H,4-6H2,1H3,(H,23,26)(H,32,33)(H,36,37)(H2,21,22,34)/t8-,9-,10+,12-,13-,14-,15+,16-,19+,20+/m1/s1. The molecule has 20 nitrogen and oxygen atoms in total. The second-order valence-corrected chi connectivity index (χ2v) is 11.5. The molecule has 0 aliphatic carbocycles. The molecule has 2 aliphatic heterocycles. The van der Waals surface area contributed by atoms with E-state index in [2.05, 4.69) is 4.98 Å². The third-order valence-corrected chi connectivity index (χ3v) is 8.78. The number of hydrogen-bond acceptors (Lipinski definition) is 16. The summed E-state index contributed by atoms with van der Waals surface area (Å²) in [4.78, 5) is 50.5. The molecule has 2 aliphatic rings. The summed E-state index contributed by atoms with van der Waals surface area (Å²) in [5.41, 5.74) is 4.44. The molecule has 2 fully saturated rings. The number of carbonyl (C=O) groups is 2. The molecule has 1 amide bonds. The van der Waals surface area contributed by atoms with Crippen molar-refractivity contribution in [1.82, 2.24) is 14.9 Å². The molecule has 232 valence electrons. The number of carbonyl (C=O) groups excluding carboxylic acids is 1. The number of aliphatic hydroxyl groups is 7. The van der Waals surface area contributed by atoms with Crippen molar-refractivity contribution in [2.45, 2.75) is 73.4 Å². The van der Waals surface area contributed by atoms with Gasteiger partial charge in [-0.25, -0.2) is 9.59 Å². The van der Waals surface area contributed by atoms with E-state index in [0.29, 0.717) is 0 Å². The summed E-state index contributed by atoms with van der Waals surface area (Å²) in [5.74, 6) is -6.75. The Bertz CT molecular complexity index is 1250. The van der Waals surface area contributed by atoms with E-state index in [9.17, 15) is 64.7 Å². The summed E-state index contributed by atoms with van der Waals surface area (Å²) in [6, 6.07) is 1.18. The average molecular weight is 614 g/mol. The number of aliphatic hydroxyl groups excluding tert-OH is 6. The molecular weight excluding hydrogens is 583 g/mol. The number of ether oxygens (including phenoxy) is 2. The highest BCUT2D eigenvalue weighted by Gasteiger charge is 2.70. The third-order valence-electron chi connectivity index (χ3n) is 6.68. The minimum atomic E-state index is -5.70. The molecule has 12 N–H and O–H groups in total. The maximum Gasteiger partial charge on any atom is 0.364 e. The Balaban J connectivity index is 1.98. The van der Waals surface area contributed by atoms with Gasteiger partial charge in [0.25, 0.3) is 5.79 Å². The highest BCUT2D eigenvalue weighted by atomic mass is 31.2. The largest absolute Gasteiger partial charge is 0.477 e. The molecule has 41 heavy (non-hydrogen) atoms. The van der Waals surface area contributed by atoms with E-state index in [-0.39, 0.29) is 5.82 Å². The van der Waals surface area contributed by atoms with Crippen LogP contribution in [0.1, 0.15) is 19.6 Å². The number of nitrogens with zero attached hydrogens (tertiary/aromatic N) is 2.